The molecule has 0 unspecified atom stereocenters. The van der Waals surface area contributed by atoms with Crippen LogP contribution in [0.25, 0.3) is 0 Å². The molecule has 4 N–H and O–H groups in total. The smallest absolute Gasteiger partial charge is 0.248 e. The Bertz CT molecular complexity index is 274. The highest BCUT2D eigenvalue weighted by Gasteiger charge is 2.39. The number of aliphatic hydroxyl groups excluding tert-OH is 2. The van der Waals surface area contributed by atoms with E-state index in [0.29, 0.717) is 19.3 Å². The Morgan fingerprint density at radius 1 is 1.11 bits per heavy atom. The Balaban J connectivity index is 1.75. The van der Waals surface area contributed by atoms with Crippen LogP contribution in [0.3, 0.4) is 0 Å². The molecule has 106 valence electrons. The zero-order valence-corrected chi connectivity index (χ0v) is 10.6. The van der Waals surface area contributed by atoms with Crippen molar-refractivity contribution < 1.29 is 19.0 Å². The Kier molecular flexibility index (Phi) is 4.24. The Labute approximate surface area is 106 Å². The summed E-state index contributed by atoms with van der Waals surface area (Å²) in [4.78, 5) is 0. The fourth-order valence-electron chi connectivity index (χ4n) is 2.83. The van der Waals surface area contributed by atoms with Gasteiger partial charge in [0.2, 0.25) is 5.92 Å². The number of aliphatic hydroxyl groups is 2. The molecule has 5 heteroatoms. The van der Waals surface area contributed by atoms with Crippen molar-refractivity contribution in [2.24, 2.45) is 17.6 Å². The topological polar surface area (TPSA) is 66.5 Å². The van der Waals surface area contributed by atoms with Crippen LogP contribution in [-0.2, 0) is 0 Å². The van der Waals surface area contributed by atoms with Gasteiger partial charge in [-0.1, -0.05) is 0 Å². The van der Waals surface area contributed by atoms with Crippen molar-refractivity contribution in [3.63, 3.8) is 0 Å². The molecule has 3 nitrogen and oxygen atoms in total. The summed E-state index contributed by atoms with van der Waals surface area (Å²) in [7, 11) is 0. The molecule has 0 aromatic carbocycles. The third-order valence-electron chi connectivity index (χ3n) is 4.34. The fourth-order valence-corrected chi connectivity index (χ4v) is 2.83. The lowest BCUT2D eigenvalue weighted by Crippen LogP contribution is -2.45. The second-order valence-electron chi connectivity index (χ2n) is 6.02. The van der Waals surface area contributed by atoms with E-state index < -0.39 is 24.2 Å². The summed E-state index contributed by atoms with van der Waals surface area (Å²) in [5, 5.41) is 19.7. The van der Waals surface area contributed by atoms with Gasteiger partial charge in [-0.2, -0.15) is 0 Å². The Hall–Kier alpha value is -0.260. The van der Waals surface area contributed by atoms with Gasteiger partial charge in [0.15, 0.2) is 0 Å². The highest BCUT2D eigenvalue weighted by atomic mass is 19.3. The molecule has 0 heterocycles. The van der Waals surface area contributed by atoms with Crippen LogP contribution < -0.4 is 5.73 Å². The van der Waals surface area contributed by atoms with Crippen LogP contribution in [0.2, 0.25) is 0 Å². The van der Waals surface area contributed by atoms with Crippen LogP contribution >= 0.6 is 0 Å². The normalized spacial score (nSPS) is 29.8. The first kappa shape index (κ1) is 14.2. The molecule has 0 amide bonds. The van der Waals surface area contributed by atoms with Crippen molar-refractivity contribution in [1.82, 2.24) is 0 Å². The van der Waals surface area contributed by atoms with E-state index in [1.807, 2.05) is 0 Å². The number of hydrogen-bond acceptors (Lipinski definition) is 3. The van der Waals surface area contributed by atoms with Gasteiger partial charge < -0.3 is 15.9 Å². The van der Waals surface area contributed by atoms with Crippen LogP contribution in [0.5, 0.6) is 0 Å². The number of halogens is 2. The molecule has 0 aromatic heterocycles. The van der Waals surface area contributed by atoms with Crippen molar-refractivity contribution >= 4 is 0 Å². The highest BCUT2D eigenvalue weighted by Crippen LogP contribution is 2.39. The molecule has 2 rings (SSSR count). The Morgan fingerprint density at radius 3 is 2.17 bits per heavy atom. The molecule has 0 spiro atoms. The van der Waals surface area contributed by atoms with Crippen LogP contribution in [0.15, 0.2) is 0 Å². The first-order valence-corrected chi connectivity index (χ1v) is 6.88. The van der Waals surface area contributed by atoms with Gasteiger partial charge >= 0.3 is 0 Å². The van der Waals surface area contributed by atoms with Crippen molar-refractivity contribution in [2.75, 3.05) is 0 Å². The summed E-state index contributed by atoms with van der Waals surface area (Å²) in [5.74, 6) is -2.19. The van der Waals surface area contributed by atoms with E-state index in [1.54, 1.807) is 0 Å². The van der Waals surface area contributed by atoms with E-state index in [1.165, 1.54) is 0 Å². The lowest BCUT2D eigenvalue weighted by Gasteiger charge is -2.32. The number of rotatable bonds is 5. The zero-order chi connectivity index (χ0) is 13.3. The van der Waals surface area contributed by atoms with Gasteiger partial charge in [0.1, 0.15) is 0 Å². The van der Waals surface area contributed by atoms with Gasteiger partial charge in [0.25, 0.3) is 0 Å². The summed E-state index contributed by atoms with van der Waals surface area (Å²) >= 11 is 0. The molecule has 2 aliphatic rings. The zero-order valence-electron chi connectivity index (χ0n) is 10.6. The molecule has 2 saturated carbocycles. The van der Waals surface area contributed by atoms with E-state index in [9.17, 15) is 19.0 Å². The number of alkyl halides is 2. The number of hydrogen-bond donors (Lipinski definition) is 3. The lowest BCUT2D eigenvalue weighted by atomic mass is 9.81. The molecule has 0 aliphatic heterocycles. The average Bonchev–Trinajstić information content (AvgIpc) is 3.14. The molecular formula is C13H23F2NO2. The minimum Gasteiger partial charge on any atom is -0.390 e. The third kappa shape index (κ3) is 3.62. The van der Waals surface area contributed by atoms with Crippen LogP contribution in [-0.4, -0.2) is 34.4 Å². The van der Waals surface area contributed by atoms with Crippen molar-refractivity contribution in [3.8, 4) is 0 Å². The summed E-state index contributed by atoms with van der Waals surface area (Å²) in [6, 6.07) is -0.502. The van der Waals surface area contributed by atoms with Gasteiger partial charge in [0, 0.05) is 18.9 Å². The summed E-state index contributed by atoms with van der Waals surface area (Å²) in [6.07, 6.45) is 1.53. The maximum atomic E-state index is 13.0. The van der Waals surface area contributed by atoms with Crippen LogP contribution in [0.4, 0.5) is 8.78 Å². The average molecular weight is 263 g/mol. The minimum atomic E-state index is -2.52. The van der Waals surface area contributed by atoms with E-state index in [-0.39, 0.29) is 24.7 Å². The summed E-state index contributed by atoms with van der Waals surface area (Å²) < 4.78 is 26.0. The number of nitrogens with two attached hydrogens (primary N) is 1. The Morgan fingerprint density at radius 2 is 1.67 bits per heavy atom. The van der Waals surface area contributed by atoms with Crippen LogP contribution in [0, 0.1) is 11.8 Å². The van der Waals surface area contributed by atoms with Crippen molar-refractivity contribution in [2.45, 2.75) is 69.1 Å². The second kappa shape index (κ2) is 5.39. The summed E-state index contributed by atoms with van der Waals surface area (Å²) in [6.45, 7) is 0. The molecule has 0 radical (unpaired) electrons. The molecule has 18 heavy (non-hydrogen) atoms. The van der Waals surface area contributed by atoms with E-state index in [2.05, 4.69) is 0 Å². The minimum absolute atomic E-state index is 0.0777. The van der Waals surface area contributed by atoms with E-state index in [0.717, 1.165) is 12.8 Å². The largest absolute Gasteiger partial charge is 0.390 e. The SMILES string of the molecule is N[C@@H](CC1CCC(F)(F)CC1)[C@@H](O)[C@@H](O)C1CC1. The van der Waals surface area contributed by atoms with Crippen LogP contribution in [0.1, 0.15) is 44.9 Å². The van der Waals surface area contributed by atoms with E-state index in [4.69, 9.17) is 5.73 Å². The first-order valence-electron chi connectivity index (χ1n) is 6.88. The molecular weight excluding hydrogens is 240 g/mol. The van der Waals surface area contributed by atoms with Crippen molar-refractivity contribution in [3.05, 3.63) is 0 Å². The van der Waals surface area contributed by atoms with Gasteiger partial charge in [-0.25, -0.2) is 8.78 Å². The van der Waals surface area contributed by atoms with E-state index >= 15 is 0 Å². The van der Waals surface area contributed by atoms with Crippen molar-refractivity contribution in [1.29, 1.82) is 0 Å². The maximum Gasteiger partial charge on any atom is 0.248 e. The first-order chi connectivity index (χ1) is 8.39. The lowest BCUT2D eigenvalue weighted by molar-refractivity contribution is -0.0524. The molecule has 2 fully saturated rings. The molecule has 2 aliphatic carbocycles. The summed E-state index contributed by atoms with van der Waals surface area (Å²) in [5.41, 5.74) is 5.88. The second-order valence-corrected chi connectivity index (χ2v) is 6.02. The highest BCUT2D eigenvalue weighted by molar-refractivity contribution is 4.91. The predicted molar refractivity (Wildman–Crippen MR) is 64.2 cm³/mol. The third-order valence-corrected chi connectivity index (χ3v) is 4.34. The van der Waals surface area contributed by atoms with Gasteiger partial charge in [-0.3, -0.25) is 0 Å². The van der Waals surface area contributed by atoms with Gasteiger partial charge in [-0.15, -0.1) is 0 Å². The molecule has 0 bridgehead atoms. The maximum absolute atomic E-state index is 13.0. The molecule has 0 aromatic rings. The molecule has 0 saturated heterocycles. The standard InChI is InChI=1S/C13H23F2NO2/c14-13(15)5-3-8(4-6-13)7-10(16)12(18)11(17)9-1-2-9/h8-12,17-18H,1-7,16H2/t10-,11-,12+/m0/s1. The predicted octanol–water partition coefficient (Wildman–Crippen LogP) is 1.66. The monoisotopic (exact) mass is 263 g/mol. The fraction of sp³-hybridized carbons (Fsp3) is 1.00. The van der Waals surface area contributed by atoms with Gasteiger partial charge in [0.05, 0.1) is 12.2 Å². The quantitative estimate of drug-likeness (QED) is 0.706. The molecule has 3 atom stereocenters. The van der Waals surface area contributed by atoms with Gasteiger partial charge in [-0.05, 0) is 43.9 Å².